The lowest BCUT2D eigenvalue weighted by atomic mass is 9.98. The fraction of sp³-hybridized carbons (Fsp3) is 0.438. The first-order valence-corrected chi connectivity index (χ1v) is 7.70. The number of hydrogen-bond donors (Lipinski definition) is 2. The van der Waals surface area contributed by atoms with Crippen molar-refractivity contribution in [1.29, 1.82) is 0 Å². The van der Waals surface area contributed by atoms with Gasteiger partial charge in [-0.2, -0.15) is 4.98 Å². The maximum absolute atomic E-state index is 11.4. The van der Waals surface area contributed by atoms with Crippen LogP contribution in [0, 0.1) is 0 Å². The number of benzene rings is 1. The minimum Gasteiger partial charge on any atom is -0.334 e. The topological polar surface area (TPSA) is 94.0 Å². The number of nitrogens with one attached hydrogen (secondary N) is 1. The molecule has 1 saturated carbocycles. The molecule has 1 aliphatic carbocycles. The van der Waals surface area contributed by atoms with Gasteiger partial charge in [-0.25, -0.2) is 0 Å². The van der Waals surface area contributed by atoms with Crippen LogP contribution in [0.5, 0.6) is 0 Å². The molecular weight excluding hydrogens is 280 g/mol. The fourth-order valence-corrected chi connectivity index (χ4v) is 3.29. The highest BCUT2D eigenvalue weighted by Gasteiger charge is 2.36. The molecule has 22 heavy (non-hydrogen) atoms. The molecule has 0 bridgehead atoms. The summed E-state index contributed by atoms with van der Waals surface area (Å²) >= 11 is 0. The number of anilines is 1. The molecule has 0 atom stereocenters. The SMILES string of the molecule is NC1(c2noc(-c3ccc4c(c3)CCC(=O)N4)n2)CCCC1. The molecule has 3 N–H and O–H groups in total. The number of amides is 1. The van der Waals surface area contributed by atoms with Gasteiger partial charge in [0.1, 0.15) is 0 Å². The molecule has 1 aliphatic heterocycles. The first-order chi connectivity index (χ1) is 10.6. The Kier molecular flexibility index (Phi) is 3.00. The molecule has 4 rings (SSSR count). The van der Waals surface area contributed by atoms with E-state index >= 15 is 0 Å². The summed E-state index contributed by atoms with van der Waals surface area (Å²) in [6.45, 7) is 0. The lowest BCUT2D eigenvalue weighted by Gasteiger charge is -2.18. The van der Waals surface area contributed by atoms with Crippen LogP contribution >= 0.6 is 0 Å². The van der Waals surface area contributed by atoms with E-state index in [0.717, 1.165) is 48.9 Å². The number of carbonyl (C=O) groups excluding carboxylic acids is 1. The highest BCUT2D eigenvalue weighted by atomic mass is 16.5. The van der Waals surface area contributed by atoms with E-state index in [-0.39, 0.29) is 5.91 Å². The molecule has 2 aromatic rings. The Bertz CT molecular complexity index is 731. The van der Waals surface area contributed by atoms with Crippen molar-refractivity contribution in [3.8, 4) is 11.5 Å². The average Bonchev–Trinajstić information content (AvgIpc) is 3.16. The Morgan fingerprint density at radius 2 is 2.05 bits per heavy atom. The van der Waals surface area contributed by atoms with Crippen molar-refractivity contribution in [1.82, 2.24) is 10.1 Å². The van der Waals surface area contributed by atoms with Crippen LogP contribution in [0.4, 0.5) is 5.69 Å². The molecule has 1 aromatic heterocycles. The number of rotatable bonds is 2. The zero-order valence-electron chi connectivity index (χ0n) is 12.3. The van der Waals surface area contributed by atoms with Crippen molar-refractivity contribution in [2.45, 2.75) is 44.1 Å². The van der Waals surface area contributed by atoms with Gasteiger partial charge < -0.3 is 15.6 Å². The number of carbonyl (C=O) groups is 1. The van der Waals surface area contributed by atoms with E-state index in [9.17, 15) is 4.79 Å². The van der Waals surface area contributed by atoms with Crippen LogP contribution in [0.3, 0.4) is 0 Å². The number of fused-ring (bicyclic) bond motifs is 1. The summed E-state index contributed by atoms with van der Waals surface area (Å²) in [5.41, 5.74) is 8.76. The third kappa shape index (κ3) is 2.20. The minimum atomic E-state index is -0.441. The lowest BCUT2D eigenvalue weighted by Crippen LogP contribution is -2.34. The largest absolute Gasteiger partial charge is 0.334 e. The quantitative estimate of drug-likeness (QED) is 0.887. The van der Waals surface area contributed by atoms with Gasteiger partial charge in [0.15, 0.2) is 5.82 Å². The first kappa shape index (κ1) is 13.5. The van der Waals surface area contributed by atoms with Gasteiger partial charge in [0.2, 0.25) is 5.91 Å². The Morgan fingerprint density at radius 3 is 2.86 bits per heavy atom. The van der Waals surface area contributed by atoms with Crippen molar-refractivity contribution in [3.05, 3.63) is 29.6 Å². The molecule has 0 saturated heterocycles. The minimum absolute atomic E-state index is 0.0617. The second kappa shape index (κ2) is 4.91. The van der Waals surface area contributed by atoms with Gasteiger partial charge in [-0.1, -0.05) is 18.0 Å². The van der Waals surface area contributed by atoms with Crippen LogP contribution in [0.1, 0.15) is 43.5 Å². The Hall–Kier alpha value is -2.21. The summed E-state index contributed by atoms with van der Waals surface area (Å²) in [4.78, 5) is 15.9. The van der Waals surface area contributed by atoms with Crippen LogP contribution in [-0.4, -0.2) is 16.0 Å². The third-order valence-corrected chi connectivity index (χ3v) is 4.61. The van der Waals surface area contributed by atoms with Gasteiger partial charge >= 0.3 is 0 Å². The molecule has 2 heterocycles. The Morgan fingerprint density at radius 1 is 1.23 bits per heavy atom. The smallest absolute Gasteiger partial charge is 0.258 e. The van der Waals surface area contributed by atoms with Crippen LogP contribution in [0.15, 0.2) is 22.7 Å². The molecule has 2 aliphatic rings. The zero-order chi connectivity index (χ0) is 15.2. The van der Waals surface area contributed by atoms with Gasteiger partial charge in [-0.3, -0.25) is 4.79 Å². The van der Waals surface area contributed by atoms with Crippen molar-refractivity contribution in [3.63, 3.8) is 0 Å². The average molecular weight is 298 g/mol. The summed E-state index contributed by atoms with van der Waals surface area (Å²) in [6.07, 6.45) is 5.27. The number of hydrogen-bond acceptors (Lipinski definition) is 5. The first-order valence-electron chi connectivity index (χ1n) is 7.70. The molecule has 1 aromatic carbocycles. The van der Waals surface area contributed by atoms with E-state index < -0.39 is 5.54 Å². The molecule has 1 fully saturated rings. The van der Waals surface area contributed by atoms with Crippen molar-refractivity contribution >= 4 is 11.6 Å². The number of nitrogens with two attached hydrogens (primary N) is 1. The summed E-state index contributed by atoms with van der Waals surface area (Å²) in [7, 11) is 0. The summed E-state index contributed by atoms with van der Waals surface area (Å²) in [6, 6.07) is 5.78. The molecule has 6 heteroatoms. The van der Waals surface area contributed by atoms with E-state index in [1.807, 2.05) is 18.2 Å². The normalized spacial score (nSPS) is 19.8. The fourth-order valence-electron chi connectivity index (χ4n) is 3.29. The van der Waals surface area contributed by atoms with Crippen molar-refractivity contribution in [2.75, 3.05) is 5.32 Å². The molecule has 114 valence electrons. The molecule has 1 amide bonds. The predicted molar refractivity (Wildman–Crippen MR) is 81.0 cm³/mol. The summed E-state index contributed by atoms with van der Waals surface area (Å²) < 4.78 is 5.41. The number of nitrogens with zero attached hydrogens (tertiary/aromatic N) is 2. The Labute approximate surface area is 128 Å². The zero-order valence-corrected chi connectivity index (χ0v) is 12.3. The standard InChI is InChI=1S/C16H18N4O2/c17-16(7-1-2-8-16)15-19-14(22-20-15)11-3-5-12-10(9-11)4-6-13(21)18-12/h3,5,9H,1-2,4,6-8,17H2,(H,18,21). The van der Waals surface area contributed by atoms with Gasteiger partial charge in [-0.15, -0.1) is 0 Å². The van der Waals surface area contributed by atoms with E-state index in [1.54, 1.807) is 0 Å². The molecule has 0 unspecified atom stereocenters. The van der Waals surface area contributed by atoms with Gasteiger partial charge in [0.25, 0.3) is 5.89 Å². The van der Waals surface area contributed by atoms with Gasteiger partial charge in [0.05, 0.1) is 5.54 Å². The summed E-state index contributed by atoms with van der Waals surface area (Å²) in [5.74, 6) is 1.16. The van der Waals surface area contributed by atoms with Gasteiger partial charge in [-0.05, 0) is 43.0 Å². The third-order valence-electron chi connectivity index (χ3n) is 4.61. The highest BCUT2D eigenvalue weighted by molar-refractivity contribution is 5.94. The van der Waals surface area contributed by atoms with Crippen LogP contribution < -0.4 is 11.1 Å². The maximum atomic E-state index is 11.4. The van der Waals surface area contributed by atoms with Crippen LogP contribution in [-0.2, 0) is 16.8 Å². The Balaban J connectivity index is 1.65. The highest BCUT2D eigenvalue weighted by Crippen LogP contribution is 2.36. The second-order valence-electron chi connectivity index (χ2n) is 6.21. The predicted octanol–water partition coefficient (Wildman–Crippen LogP) is 2.35. The van der Waals surface area contributed by atoms with Crippen molar-refractivity contribution < 1.29 is 9.32 Å². The molecular formula is C16H18N4O2. The summed E-state index contributed by atoms with van der Waals surface area (Å²) in [5, 5.41) is 6.96. The molecule has 0 spiro atoms. The maximum Gasteiger partial charge on any atom is 0.258 e. The van der Waals surface area contributed by atoms with E-state index in [1.165, 1.54) is 0 Å². The van der Waals surface area contributed by atoms with E-state index in [2.05, 4.69) is 15.5 Å². The van der Waals surface area contributed by atoms with E-state index in [4.69, 9.17) is 10.3 Å². The number of aromatic nitrogens is 2. The lowest BCUT2D eigenvalue weighted by molar-refractivity contribution is -0.116. The molecule has 0 radical (unpaired) electrons. The van der Waals surface area contributed by atoms with Crippen LogP contribution in [0.25, 0.3) is 11.5 Å². The van der Waals surface area contributed by atoms with Crippen LogP contribution in [0.2, 0.25) is 0 Å². The monoisotopic (exact) mass is 298 g/mol. The van der Waals surface area contributed by atoms with Crippen molar-refractivity contribution in [2.24, 2.45) is 5.73 Å². The second-order valence-corrected chi connectivity index (χ2v) is 6.21. The van der Waals surface area contributed by atoms with E-state index in [0.29, 0.717) is 18.1 Å². The van der Waals surface area contributed by atoms with Gasteiger partial charge in [0, 0.05) is 17.7 Å². The number of aryl methyl sites for hydroxylation is 1. The molecule has 6 nitrogen and oxygen atoms in total.